The second-order valence-corrected chi connectivity index (χ2v) is 7.74. The molecule has 1 aliphatic carbocycles. The molecule has 152 valence electrons. The SMILES string of the molecule is CCCCN(C)C(=O)C(NC[C@@H](N)CC1CCCCC1)C(C)C.Cl.Cl. The van der Waals surface area contributed by atoms with Gasteiger partial charge in [0.15, 0.2) is 0 Å². The zero-order valence-corrected chi connectivity index (χ0v) is 18.3. The summed E-state index contributed by atoms with van der Waals surface area (Å²) in [6.07, 6.45) is 10.0. The van der Waals surface area contributed by atoms with Crippen LogP contribution in [-0.2, 0) is 4.79 Å². The monoisotopic (exact) mass is 397 g/mol. The van der Waals surface area contributed by atoms with E-state index in [4.69, 9.17) is 5.73 Å². The van der Waals surface area contributed by atoms with Crippen LogP contribution in [0, 0.1) is 11.8 Å². The number of rotatable bonds is 10. The highest BCUT2D eigenvalue weighted by atomic mass is 35.5. The summed E-state index contributed by atoms with van der Waals surface area (Å²) in [6.45, 7) is 7.95. The summed E-state index contributed by atoms with van der Waals surface area (Å²) in [7, 11) is 1.91. The van der Waals surface area contributed by atoms with E-state index < -0.39 is 0 Å². The number of hydrogen-bond acceptors (Lipinski definition) is 3. The van der Waals surface area contributed by atoms with Crippen molar-refractivity contribution >= 4 is 30.7 Å². The highest BCUT2D eigenvalue weighted by molar-refractivity contribution is 5.85. The summed E-state index contributed by atoms with van der Waals surface area (Å²) >= 11 is 0. The molecule has 0 aromatic rings. The second kappa shape index (κ2) is 15.1. The Labute approximate surface area is 167 Å². The first-order chi connectivity index (χ1) is 11.0. The van der Waals surface area contributed by atoms with E-state index in [2.05, 4.69) is 26.1 Å². The van der Waals surface area contributed by atoms with Crippen LogP contribution in [0.15, 0.2) is 0 Å². The van der Waals surface area contributed by atoms with Crippen molar-refractivity contribution in [3.8, 4) is 0 Å². The first-order valence-electron chi connectivity index (χ1n) is 9.69. The average molecular weight is 398 g/mol. The van der Waals surface area contributed by atoms with E-state index in [-0.39, 0.29) is 48.7 Å². The molecular weight excluding hydrogens is 357 g/mol. The van der Waals surface area contributed by atoms with E-state index in [1.54, 1.807) is 0 Å². The lowest BCUT2D eigenvalue weighted by Gasteiger charge is -2.29. The number of amides is 1. The lowest BCUT2D eigenvalue weighted by Crippen LogP contribution is -2.51. The third kappa shape index (κ3) is 10.6. The molecule has 0 bridgehead atoms. The zero-order chi connectivity index (χ0) is 17.2. The zero-order valence-electron chi connectivity index (χ0n) is 16.6. The van der Waals surface area contributed by atoms with Gasteiger partial charge in [0.2, 0.25) is 5.91 Å². The Morgan fingerprint density at radius 1 is 1.20 bits per heavy atom. The van der Waals surface area contributed by atoms with Crippen LogP contribution in [0.4, 0.5) is 0 Å². The van der Waals surface area contributed by atoms with Crippen molar-refractivity contribution in [2.24, 2.45) is 17.6 Å². The topological polar surface area (TPSA) is 58.4 Å². The van der Waals surface area contributed by atoms with E-state index in [9.17, 15) is 4.79 Å². The molecular formula is C19H41Cl2N3O. The fourth-order valence-electron chi connectivity index (χ4n) is 3.56. The molecule has 1 rings (SSSR count). The van der Waals surface area contributed by atoms with Gasteiger partial charge in [-0.1, -0.05) is 59.3 Å². The van der Waals surface area contributed by atoms with E-state index in [1.807, 2.05) is 11.9 Å². The molecule has 0 heterocycles. The summed E-state index contributed by atoms with van der Waals surface area (Å²) in [6, 6.07) is 0.0439. The third-order valence-corrected chi connectivity index (χ3v) is 5.12. The first kappa shape index (κ1) is 27.2. The number of halogens is 2. The maximum atomic E-state index is 12.6. The molecule has 0 saturated heterocycles. The van der Waals surface area contributed by atoms with E-state index in [1.165, 1.54) is 32.1 Å². The Hall–Kier alpha value is -0.0300. The Bertz CT molecular complexity index is 337. The number of hydrogen-bond donors (Lipinski definition) is 2. The van der Waals surface area contributed by atoms with Crippen molar-refractivity contribution in [1.29, 1.82) is 0 Å². The summed E-state index contributed by atoms with van der Waals surface area (Å²) in [5.41, 5.74) is 6.32. The summed E-state index contributed by atoms with van der Waals surface area (Å²) in [5, 5.41) is 3.45. The van der Waals surface area contributed by atoms with E-state index >= 15 is 0 Å². The van der Waals surface area contributed by atoms with Gasteiger partial charge in [0.25, 0.3) is 0 Å². The minimum atomic E-state index is -0.116. The van der Waals surface area contributed by atoms with Gasteiger partial charge in [0.1, 0.15) is 0 Å². The fraction of sp³-hybridized carbons (Fsp3) is 0.947. The Balaban J connectivity index is 0. The molecule has 6 heteroatoms. The van der Waals surface area contributed by atoms with Crippen LogP contribution in [0.2, 0.25) is 0 Å². The van der Waals surface area contributed by atoms with Crippen molar-refractivity contribution < 1.29 is 4.79 Å². The molecule has 0 aromatic carbocycles. The number of nitrogens with two attached hydrogens (primary N) is 1. The molecule has 1 aliphatic rings. The van der Waals surface area contributed by atoms with E-state index in [0.29, 0.717) is 0 Å². The van der Waals surface area contributed by atoms with Gasteiger partial charge in [-0.15, -0.1) is 24.8 Å². The highest BCUT2D eigenvalue weighted by Crippen LogP contribution is 2.26. The predicted molar refractivity (Wildman–Crippen MR) is 113 cm³/mol. The number of carbonyl (C=O) groups is 1. The minimum absolute atomic E-state index is 0. The molecule has 4 nitrogen and oxygen atoms in total. The van der Waals surface area contributed by atoms with Gasteiger partial charge in [0.05, 0.1) is 6.04 Å². The van der Waals surface area contributed by atoms with Gasteiger partial charge < -0.3 is 16.0 Å². The quantitative estimate of drug-likeness (QED) is 0.585. The Morgan fingerprint density at radius 2 is 1.80 bits per heavy atom. The maximum Gasteiger partial charge on any atom is 0.239 e. The van der Waals surface area contributed by atoms with Crippen LogP contribution in [-0.4, -0.2) is 43.0 Å². The molecule has 0 spiro atoms. The molecule has 1 fully saturated rings. The lowest BCUT2D eigenvalue weighted by atomic mass is 9.85. The van der Waals surface area contributed by atoms with Crippen LogP contribution >= 0.6 is 24.8 Å². The van der Waals surface area contributed by atoms with Crippen molar-refractivity contribution in [1.82, 2.24) is 10.2 Å². The summed E-state index contributed by atoms with van der Waals surface area (Å²) in [5.74, 6) is 1.28. The largest absolute Gasteiger partial charge is 0.344 e. The molecule has 0 aliphatic heterocycles. The van der Waals surface area contributed by atoms with Crippen molar-refractivity contribution in [2.45, 2.75) is 84.2 Å². The number of carbonyl (C=O) groups excluding carboxylic acids is 1. The standard InChI is InChI=1S/C19H39N3O.2ClH/c1-5-6-12-22(4)19(23)18(15(2)3)21-14-17(20)13-16-10-8-7-9-11-16;;/h15-18,21H,5-14,20H2,1-4H3;2*1H/t17-,18?;;/m0../s1. The molecule has 3 N–H and O–H groups in total. The predicted octanol–water partition coefficient (Wildman–Crippen LogP) is 4.00. The van der Waals surface area contributed by atoms with Gasteiger partial charge in [0, 0.05) is 26.2 Å². The molecule has 0 radical (unpaired) electrons. The third-order valence-electron chi connectivity index (χ3n) is 5.12. The molecule has 25 heavy (non-hydrogen) atoms. The van der Waals surface area contributed by atoms with Crippen molar-refractivity contribution in [2.75, 3.05) is 20.1 Å². The molecule has 0 aromatic heterocycles. The second-order valence-electron chi connectivity index (χ2n) is 7.74. The average Bonchev–Trinajstić information content (AvgIpc) is 2.53. The number of nitrogens with zero attached hydrogens (tertiary/aromatic N) is 1. The van der Waals surface area contributed by atoms with E-state index in [0.717, 1.165) is 38.3 Å². The van der Waals surface area contributed by atoms with Gasteiger partial charge >= 0.3 is 0 Å². The molecule has 2 atom stereocenters. The highest BCUT2D eigenvalue weighted by Gasteiger charge is 2.25. The molecule has 1 unspecified atom stereocenters. The number of unbranched alkanes of at least 4 members (excludes halogenated alkanes) is 1. The van der Waals surface area contributed by atoms with Crippen molar-refractivity contribution in [3.63, 3.8) is 0 Å². The van der Waals surface area contributed by atoms with Crippen LogP contribution in [0.5, 0.6) is 0 Å². The number of nitrogens with one attached hydrogen (secondary N) is 1. The smallest absolute Gasteiger partial charge is 0.239 e. The van der Waals surface area contributed by atoms with Crippen LogP contribution in [0.25, 0.3) is 0 Å². The number of likely N-dealkylation sites (N-methyl/N-ethyl adjacent to an activating group) is 1. The van der Waals surface area contributed by atoms with Crippen LogP contribution in [0.1, 0.15) is 72.1 Å². The maximum absolute atomic E-state index is 12.6. The van der Waals surface area contributed by atoms with Crippen molar-refractivity contribution in [3.05, 3.63) is 0 Å². The summed E-state index contributed by atoms with van der Waals surface area (Å²) < 4.78 is 0. The normalized spacial score (nSPS) is 17.4. The first-order valence-corrected chi connectivity index (χ1v) is 9.69. The lowest BCUT2D eigenvalue weighted by molar-refractivity contribution is -0.133. The molecule has 1 saturated carbocycles. The fourth-order valence-corrected chi connectivity index (χ4v) is 3.56. The van der Waals surface area contributed by atoms with Crippen LogP contribution in [0.3, 0.4) is 0 Å². The summed E-state index contributed by atoms with van der Waals surface area (Å²) in [4.78, 5) is 14.5. The van der Waals surface area contributed by atoms with Gasteiger partial charge in [-0.25, -0.2) is 0 Å². The minimum Gasteiger partial charge on any atom is -0.344 e. The van der Waals surface area contributed by atoms with Crippen LogP contribution < -0.4 is 11.1 Å². The Kier molecular flexibility index (Phi) is 16.4. The van der Waals surface area contributed by atoms with Gasteiger partial charge in [-0.3, -0.25) is 4.79 Å². The van der Waals surface area contributed by atoms with Gasteiger partial charge in [-0.2, -0.15) is 0 Å². The molecule has 1 amide bonds. The van der Waals surface area contributed by atoms with Gasteiger partial charge in [-0.05, 0) is 24.7 Å². The Morgan fingerprint density at radius 3 is 2.32 bits per heavy atom.